The highest BCUT2D eigenvalue weighted by Gasteiger charge is 2.15. The van der Waals surface area contributed by atoms with E-state index in [0.717, 1.165) is 24.8 Å². The average Bonchev–Trinajstić information content (AvgIpc) is 3.08. The summed E-state index contributed by atoms with van der Waals surface area (Å²) in [7, 11) is 0. The van der Waals surface area contributed by atoms with Crippen LogP contribution >= 0.6 is 11.3 Å². The maximum atomic E-state index is 12.5. The molecule has 0 aliphatic rings. The van der Waals surface area contributed by atoms with Crippen LogP contribution in [-0.2, 0) is 4.79 Å². The molecule has 2 heterocycles. The molecule has 134 valence electrons. The van der Waals surface area contributed by atoms with Gasteiger partial charge in [-0.25, -0.2) is 4.98 Å². The van der Waals surface area contributed by atoms with Crippen molar-refractivity contribution in [1.29, 1.82) is 0 Å². The highest BCUT2D eigenvalue weighted by Crippen LogP contribution is 2.22. The molecule has 0 atom stereocenters. The quantitative estimate of drug-likeness (QED) is 0.502. The van der Waals surface area contributed by atoms with Crippen LogP contribution < -0.4 is 10.6 Å². The number of ketones is 1. The first-order valence-electron chi connectivity index (χ1n) is 8.53. The van der Waals surface area contributed by atoms with Gasteiger partial charge in [-0.1, -0.05) is 24.7 Å². The summed E-state index contributed by atoms with van der Waals surface area (Å²) in [4.78, 5) is 32.8. The Morgan fingerprint density at radius 2 is 2.04 bits per heavy atom. The Labute approximate surface area is 152 Å². The van der Waals surface area contributed by atoms with Gasteiger partial charge in [0.05, 0.1) is 11.1 Å². The molecular formula is C18H24N4O2S. The lowest BCUT2D eigenvalue weighted by molar-refractivity contribution is -0.121. The molecule has 0 spiro atoms. The van der Waals surface area contributed by atoms with Crippen molar-refractivity contribution in [3.8, 4) is 0 Å². The van der Waals surface area contributed by atoms with Crippen molar-refractivity contribution in [3.63, 3.8) is 0 Å². The van der Waals surface area contributed by atoms with E-state index in [1.807, 2.05) is 13.0 Å². The van der Waals surface area contributed by atoms with Gasteiger partial charge in [0.25, 0.3) is 0 Å². The van der Waals surface area contributed by atoms with Crippen molar-refractivity contribution in [3.05, 3.63) is 40.7 Å². The zero-order chi connectivity index (χ0) is 18.1. The maximum Gasteiger partial charge on any atom is 0.219 e. The van der Waals surface area contributed by atoms with Crippen LogP contribution in [0.5, 0.6) is 0 Å². The molecule has 0 radical (unpaired) electrons. The summed E-state index contributed by atoms with van der Waals surface area (Å²) in [6.45, 7) is 5.30. The Morgan fingerprint density at radius 3 is 2.80 bits per heavy atom. The van der Waals surface area contributed by atoms with Crippen LogP contribution in [0.25, 0.3) is 0 Å². The molecule has 2 N–H and O–H groups in total. The molecule has 2 aromatic rings. The molecule has 1 amide bonds. The summed E-state index contributed by atoms with van der Waals surface area (Å²) in [5, 5.41) is 6.80. The molecule has 0 aromatic carbocycles. The van der Waals surface area contributed by atoms with Crippen molar-refractivity contribution >= 4 is 28.2 Å². The van der Waals surface area contributed by atoms with Crippen molar-refractivity contribution in [2.45, 2.75) is 39.5 Å². The van der Waals surface area contributed by atoms with E-state index in [4.69, 9.17) is 0 Å². The van der Waals surface area contributed by atoms with Gasteiger partial charge >= 0.3 is 0 Å². The van der Waals surface area contributed by atoms with Gasteiger partial charge in [0.2, 0.25) is 11.7 Å². The molecule has 0 saturated heterocycles. The third kappa shape index (κ3) is 5.94. The lowest BCUT2D eigenvalue weighted by atomic mass is 10.1. The molecule has 6 nitrogen and oxygen atoms in total. The number of carbonyl (C=O) groups excluding carboxylic acids is 2. The van der Waals surface area contributed by atoms with Crippen LogP contribution in [0.3, 0.4) is 0 Å². The number of thiazole rings is 1. The van der Waals surface area contributed by atoms with E-state index in [1.54, 1.807) is 18.6 Å². The minimum Gasteiger partial charge on any atom is -0.361 e. The SMILES string of the molecule is CCCCC(=O)NCCCNc1ncc(C(=O)c2cnccc2C)s1. The van der Waals surface area contributed by atoms with Gasteiger partial charge in [-0.2, -0.15) is 0 Å². The second kappa shape index (κ2) is 9.88. The molecule has 2 aromatic heterocycles. The van der Waals surface area contributed by atoms with Crippen molar-refractivity contribution in [1.82, 2.24) is 15.3 Å². The van der Waals surface area contributed by atoms with Crippen LogP contribution in [0.1, 0.15) is 53.4 Å². The normalized spacial score (nSPS) is 10.5. The zero-order valence-corrected chi connectivity index (χ0v) is 15.5. The molecule has 0 saturated carbocycles. The van der Waals surface area contributed by atoms with E-state index in [1.165, 1.54) is 11.3 Å². The van der Waals surface area contributed by atoms with Gasteiger partial charge in [-0.15, -0.1) is 0 Å². The van der Waals surface area contributed by atoms with E-state index >= 15 is 0 Å². The zero-order valence-electron chi connectivity index (χ0n) is 14.7. The number of unbranched alkanes of at least 4 members (excludes halogenated alkanes) is 1. The van der Waals surface area contributed by atoms with E-state index in [0.29, 0.717) is 35.1 Å². The fourth-order valence-corrected chi connectivity index (χ4v) is 3.03. The Hall–Kier alpha value is -2.28. The van der Waals surface area contributed by atoms with Crippen molar-refractivity contribution in [2.24, 2.45) is 0 Å². The molecule has 0 aliphatic carbocycles. The fourth-order valence-electron chi connectivity index (χ4n) is 2.23. The lowest BCUT2D eigenvalue weighted by Crippen LogP contribution is -2.25. The largest absolute Gasteiger partial charge is 0.361 e. The predicted octanol–water partition coefficient (Wildman–Crippen LogP) is 3.19. The highest BCUT2D eigenvalue weighted by atomic mass is 32.1. The van der Waals surface area contributed by atoms with Crippen LogP contribution in [0.2, 0.25) is 0 Å². The van der Waals surface area contributed by atoms with E-state index in [9.17, 15) is 9.59 Å². The number of nitrogens with zero attached hydrogens (tertiary/aromatic N) is 2. The number of pyridine rings is 1. The molecule has 25 heavy (non-hydrogen) atoms. The van der Waals surface area contributed by atoms with Crippen LogP contribution in [-0.4, -0.2) is 34.7 Å². The molecular weight excluding hydrogens is 336 g/mol. The standard InChI is InChI=1S/C18H24N4O2S/c1-3-4-6-16(23)20-8-5-9-21-18-22-12-15(25-18)17(24)14-11-19-10-7-13(14)2/h7,10-12H,3-6,8-9H2,1-2H3,(H,20,23)(H,21,22). The second-order valence-corrected chi connectivity index (χ2v) is 6.81. The molecule has 0 fully saturated rings. The smallest absolute Gasteiger partial charge is 0.219 e. The van der Waals surface area contributed by atoms with E-state index in [2.05, 4.69) is 27.5 Å². The summed E-state index contributed by atoms with van der Waals surface area (Å²) >= 11 is 1.33. The number of hydrogen-bond acceptors (Lipinski definition) is 6. The lowest BCUT2D eigenvalue weighted by Gasteiger charge is -2.05. The van der Waals surface area contributed by atoms with Gasteiger partial charge in [-0.3, -0.25) is 14.6 Å². The molecule has 2 rings (SSSR count). The van der Waals surface area contributed by atoms with Gasteiger partial charge < -0.3 is 10.6 Å². The Morgan fingerprint density at radius 1 is 1.20 bits per heavy atom. The topological polar surface area (TPSA) is 84.0 Å². The van der Waals surface area contributed by atoms with E-state index in [-0.39, 0.29) is 11.7 Å². The maximum absolute atomic E-state index is 12.5. The number of amides is 1. The first-order valence-corrected chi connectivity index (χ1v) is 9.35. The number of carbonyl (C=O) groups is 2. The number of hydrogen-bond donors (Lipinski definition) is 2. The van der Waals surface area contributed by atoms with Gasteiger partial charge in [0, 0.05) is 37.5 Å². The number of nitrogens with one attached hydrogen (secondary N) is 2. The van der Waals surface area contributed by atoms with Gasteiger partial charge in [0.1, 0.15) is 0 Å². The third-order valence-corrected chi connectivity index (χ3v) is 4.68. The Balaban J connectivity index is 1.75. The highest BCUT2D eigenvalue weighted by molar-refractivity contribution is 7.17. The summed E-state index contributed by atoms with van der Waals surface area (Å²) in [5.74, 6) is 0.0511. The van der Waals surface area contributed by atoms with E-state index < -0.39 is 0 Å². The first kappa shape index (κ1) is 19.1. The summed E-state index contributed by atoms with van der Waals surface area (Å²) in [6.07, 6.45) is 8.21. The summed E-state index contributed by atoms with van der Waals surface area (Å²) in [5.41, 5.74) is 1.51. The fraction of sp³-hybridized carbons (Fsp3) is 0.444. The Kier molecular flexibility index (Phi) is 7.53. The minimum absolute atomic E-state index is 0.0562. The molecule has 0 bridgehead atoms. The number of anilines is 1. The number of rotatable bonds is 10. The molecule has 0 unspecified atom stereocenters. The van der Waals surface area contributed by atoms with Crippen LogP contribution in [0.15, 0.2) is 24.7 Å². The number of aryl methyl sites for hydroxylation is 1. The van der Waals surface area contributed by atoms with Gasteiger partial charge in [0.15, 0.2) is 5.13 Å². The summed E-state index contributed by atoms with van der Waals surface area (Å²) < 4.78 is 0. The number of aromatic nitrogens is 2. The van der Waals surface area contributed by atoms with Crippen LogP contribution in [0.4, 0.5) is 5.13 Å². The van der Waals surface area contributed by atoms with Crippen LogP contribution in [0, 0.1) is 6.92 Å². The predicted molar refractivity (Wildman–Crippen MR) is 100 cm³/mol. The average molecular weight is 360 g/mol. The molecule has 0 aliphatic heterocycles. The van der Waals surface area contributed by atoms with Crippen molar-refractivity contribution < 1.29 is 9.59 Å². The first-order chi connectivity index (χ1) is 12.1. The van der Waals surface area contributed by atoms with Crippen molar-refractivity contribution in [2.75, 3.05) is 18.4 Å². The third-order valence-electron chi connectivity index (χ3n) is 3.72. The second-order valence-electron chi connectivity index (χ2n) is 5.78. The minimum atomic E-state index is -0.0562. The monoisotopic (exact) mass is 360 g/mol. The van der Waals surface area contributed by atoms with Gasteiger partial charge in [-0.05, 0) is 31.4 Å². The Bertz CT molecular complexity index is 715. The summed E-state index contributed by atoms with van der Waals surface area (Å²) in [6, 6.07) is 1.82. The molecule has 7 heteroatoms.